The number of fused-ring (bicyclic) bond motifs is 2. The Morgan fingerprint density at radius 1 is 1.35 bits per heavy atom. The molecule has 23 heavy (non-hydrogen) atoms. The maximum Gasteiger partial charge on any atom is 0.290 e. The average molecular weight is 321 g/mol. The molecule has 0 radical (unpaired) electrons. The van der Waals surface area contributed by atoms with Crippen LogP contribution in [-0.4, -0.2) is 60.5 Å². The molecule has 2 fully saturated rings. The molecule has 2 heterocycles. The van der Waals surface area contributed by atoms with Crippen LogP contribution in [-0.2, 0) is 16.0 Å². The van der Waals surface area contributed by atoms with Crippen LogP contribution in [0, 0.1) is 5.41 Å². The van der Waals surface area contributed by atoms with Crippen molar-refractivity contribution in [2.75, 3.05) is 26.9 Å². The number of hydrogen-bond donors (Lipinski definition) is 2. The summed E-state index contributed by atoms with van der Waals surface area (Å²) in [6.45, 7) is 1.84. The highest BCUT2D eigenvalue weighted by atomic mass is 16.5. The molecule has 3 rings (SSSR count). The van der Waals surface area contributed by atoms with E-state index in [4.69, 9.17) is 14.6 Å². The van der Waals surface area contributed by atoms with E-state index in [1.165, 1.54) is 18.4 Å². The highest BCUT2D eigenvalue weighted by Crippen LogP contribution is 2.51. The lowest BCUT2D eigenvalue weighted by Crippen LogP contribution is -2.42. The van der Waals surface area contributed by atoms with Gasteiger partial charge in [0.25, 0.3) is 6.47 Å². The summed E-state index contributed by atoms with van der Waals surface area (Å²) >= 11 is 0. The molecule has 5 nitrogen and oxygen atoms in total. The van der Waals surface area contributed by atoms with Crippen LogP contribution in [0.3, 0.4) is 0 Å². The van der Waals surface area contributed by atoms with Crippen molar-refractivity contribution in [2.24, 2.45) is 5.41 Å². The third-order valence-electron chi connectivity index (χ3n) is 5.26. The molecule has 5 heteroatoms. The summed E-state index contributed by atoms with van der Waals surface area (Å²) in [7, 11) is 1.77. The highest BCUT2D eigenvalue weighted by Gasteiger charge is 2.54. The molecule has 2 N–H and O–H groups in total. The zero-order valence-corrected chi connectivity index (χ0v) is 13.7. The second-order valence-electron chi connectivity index (χ2n) is 6.47. The first-order valence-electron chi connectivity index (χ1n) is 8.18. The standard InChI is InChI=1S/C17H25NO2.CH2O2/c1-20-10-9-18-15-7-8-16(18)17(12-15,13-19)11-14-5-3-2-4-6-14;2-1-3/h2-6,15-16,19H,7-13H2,1H3;1H,(H,2,3)/t15-,16+,17-;/m1./s1. The molecule has 3 atom stereocenters. The molecule has 1 aromatic rings. The van der Waals surface area contributed by atoms with Gasteiger partial charge in [-0.1, -0.05) is 30.3 Å². The molecule has 1 aromatic carbocycles. The molecule has 0 amide bonds. The summed E-state index contributed by atoms with van der Waals surface area (Å²) in [5.74, 6) is 0. The van der Waals surface area contributed by atoms with Gasteiger partial charge in [0.05, 0.1) is 13.2 Å². The number of aliphatic hydroxyl groups is 1. The fourth-order valence-corrected chi connectivity index (χ4v) is 4.37. The van der Waals surface area contributed by atoms with Crippen molar-refractivity contribution in [1.29, 1.82) is 0 Å². The number of rotatable bonds is 6. The van der Waals surface area contributed by atoms with E-state index >= 15 is 0 Å². The Balaban J connectivity index is 0.000000595. The molecule has 0 aliphatic carbocycles. The fraction of sp³-hybridized carbons (Fsp3) is 0.611. The number of nitrogens with zero attached hydrogens (tertiary/aromatic N) is 1. The Bertz CT molecular complexity index is 481. The van der Waals surface area contributed by atoms with Gasteiger partial charge in [-0.05, 0) is 31.2 Å². The first-order chi connectivity index (χ1) is 11.2. The molecule has 0 unspecified atom stereocenters. The van der Waals surface area contributed by atoms with Crippen LogP contribution >= 0.6 is 0 Å². The highest BCUT2D eigenvalue weighted by molar-refractivity contribution is 5.32. The van der Waals surface area contributed by atoms with Crippen molar-refractivity contribution < 1.29 is 19.7 Å². The zero-order chi connectivity index (χ0) is 16.7. The Labute approximate surface area is 137 Å². The third-order valence-corrected chi connectivity index (χ3v) is 5.26. The van der Waals surface area contributed by atoms with E-state index in [0.29, 0.717) is 18.7 Å². The first kappa shape index (κ1) is 17.9. The number of hydrogen-bond acceptors (Lipinski definition) is 4. The molecule has 128 valence electrons. The van der Waals surface area contributed by atoms with Crippen molar-refractivity contribution in [3.63, 3.8) is 0 Å². The van der Waals surface area contributed by atoms with Gasteiger partial charge in [-0.25, -0.2) is 0 Å². The Morgan fingerprint density at radius 3 is 2.65 bits per heavy atom. The second kappa shape index (κ2) is 8.43. The molecule has 2 aliphatic heterocycles. The lowest BCUT2D eigenvalue weighted by atomic mass is 9.70. The van der Waals surface area contributed by atoms with Gasteiger partial charge in [0.15, 0.2) is 0 Å². The summed E-state index contributed by atoms with van der Waals surface area (Å²) in [5.41, 5.74) is 1.40. The van der Waals surface area contributed by atoms with Gasteiger partial charge in [-0.3, -0.25) is 9.69 Å². The van der Waals surface area contributed by atoms with Gasteiger partial charge in [0, 0.05) is 31.2 Å². The predicted octanol–water partition coefficient (Wildman–Crippen LogP) is 1.79. The summed E-state index contributed by atoms with van der Waals surface area (Å²) in [4.78, 5) is 10.9. The normalized spacial score (nSPS) is 29.1. The monoisotopic (exact) mass is 321 g/mol. The number of benzene rings is 1. The van der Waals surface area contributed by atoms with Gasteiger partial charge >= 0.3 is 0 Å². The van der Waals surface area contributed by atoms with E-state index in [9.17, 15) is 5.11 Å². The minimum absolute atomic E-state index is 0.0536. The van der Waals surface area contributed by atoms with E-state index in [-0.39, 0.29) is 11.9 Å². The lowest BCUT2D eigenvalue weighted by molar-refractivity contribution is -0.122. The summed E-state index contributed by atoms with van der Waals surface area (Å²) in [5, 5.41) is 17.0. The van der Waals surface area contributed by atoms with E-state index in [1.54, 1.807) is 7.11 Å². The van der Waals surface area contributed by atoms with Gasteiger partial charge in [-0.15, -0.1) is 0 Å². The van der Waals surface area contributed by atoms with Crippen LogP contribution in [0.25, 0.3) is 0 Å². The molecular weight excluding hydrogens is 294 g/mol. The Kier molecular flexibility index (Phi) is 6.57. The smallest absolute Gasteiger partial charge is 0.290 e. The number of ether oxygens (including phenoxy) is 1. The minimum atomic E-state index is -0.250. The summed E-state index contributed by atoms with van der Waals surface area (Å²) in [6.07, 6.45) is 4.63. The third kappa shape index (κ3) is 3.91. The SMILES string of the molecule is COCCN1[C@@H]2CC[C@H]1[C@](CO)(Cc1ccccc1)C2.O=CO. The molecule has 2 bridgehead atoms. The number of carbonyl (C=O) groups is 1. The van der Waals surface area contributed by atoms with E-state index in [0.717, 1.165) is 26.0 Å². The van der Waals surface area contributed by atoms with Crippen LogP contribution < -0.4 is 0 Å². The topological polar surface area (TPSA) is 70.0 Å². The van der Waals surface area contributed by atoms with E-state index in [1.807, 2.05) is 0 Å². The van der Waals surface area contributed by atoms with Crippen molar-refractivity contribution in [3.8, 4) is 0 Å². The van der Waals surface area contributed by atoms with Crippen molar-refractivity contribution >= 4 is 6.47 Å². The van der Waals surface area contributed by atoms with Gasteiger partial charge < -0.3 is 14.9 Å². The van der Waals surface area contributed by atoms with Gasteiger partial charge in [0.1, 0.15) is 0 Å². The molecule has 0 aromatic heterocycles. The maximum atomic E-state index is 10.1. The lowest BCUT2D eigenvalue weighted by Gasteiger charge is -2.36. The minimum Gasteiger partial charge on any atom is -0.483 e. The van der Waals surface area contributed by atoms with Crippen LogP contribution in [0.2, 0.25) is 0 Å². The van der Waals surface area contributed by atoms with Crippen LogP contribution in [0.1, 0.15) is 24.8 Å². The largest absolute Gasteiger partial charge is 0.483 e. The number of carboxylic acid groups (broad SMARTS) is 1. The van der Waals surface area contributed by atoms with Crippen LogP contribution in [0.4, 0.5) is 0 Å². The molecule has 0 spiro atoms. The van der Waals surface area contributed by atoms with Gasteiger partial charge in [-0.2, -0.15) is 0 Å². The average Bonchev–Trinajstić information content (AvgIpc) is 3.09. The Morgan fingerprint density at radius 2 is 2.04 bits per heavy atom. The summed E-state index contributed by atoms with van der Waals surface area (Å²) < 4.78 is 5.24. The molecular formula is C18H27NO4. The van der Waals surface area contributed by atoms with Crippen molar-refractivity contribution in [2.45, 2.75) is 37.8 Å². The van der Waals surface area contributed by atoms with Gasteiger partial charge in [0.2, 0.25) is 0 Å². The van der Waals surface area contributed by atoms with Crippen molar-refractivity contribution in [1.82, 2.24) is 4.90 Å². The summed E-state index contributed by atoms with van der Waals surface area (Å²) in [6, 6.07) is 11.8. The predicted molar refractivity (Wildman–Crippen MR) is 88.4 cm³/mol. The zero-order valence-electron chi connectivity index (χ0n) is 13.7. The van der Waals surface area contributed by atoms with E-state index in [2.05, 4.69) is 35.2 Å². The number of aliphatic hydroxyl groups excluding tert-OH is 1. The molecule has 0 saturated carbocycles. The molecule has 2 aliphatic rings. The fourth-order valence-electron chi connectivity index (χ4n) is 4.37. The Hall–Kier alpha value is -1.43. The number of methoxy groups -OCH3 is 1. The maximum absolute atomic E-state index is 10.1. The van der Waals surface area contributed by atoms with E-state index < -0.39 is 0 Å². The van der Waals surface area contributed by atoms with Crippen LogP contribution in [0.15, 0.2) is 30.3 Å². The van der Waals surface area contributed by atoms with Crippen molar-refractivity contribution in [3.05, 3.63) is 35.9 Å². The van der Waals surface area contributed by atoms with Crippen LogP contribution in [0.5, 0.6) is 0 Å². The first-order valence-corrected chi connectivity index (χ1v) is 8.18. The molecule has 2 saturated heterocycles. The quantitative estimate of drug-likeness (QED) is 0.782. The second-order valence-corrected chi connectivity index (χ2v) is 6.47.